The molecule has 114 valence electrons. The summed E-state index contributed by atoms with van der Waals surface area (Å²) < 4.78 is 2.05. The number of carbonyl (C=O) groups excluding carboxylic acids is 1. The summed E-state index contributed by atoms with van der Waals surface area (Å²) in [5.41, 5.74) is 7.42. The number of hydrogen-bond donors (Lipinski definition) is 2. The molecule has 0 aliphatic heterocycles. The van der Waals surface area contributed by atoms with Gasteiger partial charge in [-0.2, -0.15) is 0 Å². The van der Waals surface area contributed by atoms with Crippen molar-refractivity contribution in [2.45, 2.75) is 33.2 Å². The highest BCUT2D eigenvalue weighted by Crippen LogP contribution is 2.24. The molecular weight excluding hydrogens is 264 g/mol. The summed E-state index contributed by atoms with van der Waals surface area (Å²) in [5.74, 6) is 0.0550. The molecule has 0 spiro atoms. The Balaban J connectivity index is 1.96. The maximum Gasteiger partial charge on any atom is 0.227 e. The zero-order valence-corrected chi connectivity index (χ0v) is 12.8. The van der Waals surface area contributed by atoms with E-state index < -0.39 is 5.41 Å². The van der Waals surface area contributed by atoms with Crippen molar-refractivity contribution < 1.29 is 4.79 Å². The number of para-hydroxylation sites is 2. The molecule has 0 saturated heterocycles. The molecule has 0 saturated carbocycles. The number of rotatable bonds is 7. The van der Waals surface area contributed by atoms with Gasteiger partial charge in [0.25, 0.3) is 0 Å². The molecule has 1 heterocycles. The van der Waals surface area contributed by atoms with Crippen LogP contribution in [-0.2, 0) is 11.3 Å². The first-order chi connectivity index (χ1) is 10.2. The van der Waals surface area contributed by atoms with Gasteiger partial charge in [0.05, 0.1) is 22.8 Å². The van der Waals surface area contributed by atoms with Crippen molar-refractivity contribution in [2.75, 3.05) is 13.1 Å². The third-order valence-corrected chi connectivity index (χ3v) is 4.39. The van der Waals surface area contributed by atoms with Gasteiger partial charge in [-0.1, -0.05) is 26.0 Å². The van der Waals surface area contributed by atoms with E-state index >= 15 is 0 Å². The fourth-order valence-electron chi connectivity index (χ4n) is 2.62. The number of benzene rings is 1. The Hall–Kier alpha value is -1.88. The molecule has 0 atom stereocenters. The summed E-state index contributed by atoms with van der Waals surface area (Å²) in [6.07, 6.45) is 3.34. The van der Waals surface area contributed by atoms with E-state index in [4.69, 9.17) is 5.73 Å². The number of amides is 1. The van der Waals surface area contributed by atoms with Crippen molar-refractivity contribution in [1.29, 1.82) is 0 Å². The quantitative estimate of drug-likeness (QED) is 0.817. The highest BCUT2D eigenvalue weighted by molar-refractivity contribution is 5.82. The lowest BCUT2D eigenvalue weighted by Gasteiger charge is -2.28. The largest absolute Gasteiger partial charge is 0.354 e. The number of nitrogens with zero attached hydrogens (tertiary/aromatic N) is 2. The highest BCUT2D eigenvalue weighted by atomic mass is 16.2. The average molecular weight is 288 g/mol. The summed E-state index contributed by atoms with van der Waals surface area (Å²) >= 11 is 0. The Bertz CT molecular complexity index is 593. The van der Waals surface area contributed by atoms with Crippen molar-refractivity contribution >= 4 is 16.9 Å². The Labute approximate surface area is 125 Å². The zero-order chi connectivity index (χ0) is 15.3. The number of hydrogen-bond acceptors (Lipinski definition) is 3. The summed E-state index contributed by atoms with van der Waals surface area (Å²) in [6.45, 7) is 5.71. The predicted molar refractivity (Wildman–Crippen MR) is 84.8 cm³/mol. The summed E-state index contributed by atoms with van der Waals surface area (Å²) in [5, 5.41) is 3.01. The van der Waals surface area contributed by atoms with Gasteiger partial charge in [0, 0.05) is 19.6 Å². The molecule has 21 heavy (non-hydrogen) atoms. The fraction of sp³-hybridized carbons (Fsp3) is 0.500. The third kappa shape index (κ3) is 3.08. The molecule has 1 amide bonds. The minimum atomic E-state index is -0.434. The molecule has 0 unspecified atom stereocenters. The second-order valence-corrected chi connectivity index (χ2v) is 5.37. The lowest BCUT2D eigenvalue weighted by Crippen LogP contribution is -2.46. The van der Waals surface area contributed by atoms with Gasteiger partial charge in [-0.3, -0.25) is 4.79 Å². The SMILES string of the molecule is CCC(CC)(CN)C(=O)NCCn1cnc2ccccc21. The number of carbonyl (C=O) groups is 1. The van der Waals surface area contributed by atoms with Gasteiger partial charge in [-0.15, -0.1) is 0 Å². The van der Waals surface area contributed by atoms with E-state index in [1.807, 2.05) is 44.4 Å². The van der Waals surface area contributed by atoms with Crippen LogP contribution in [0.25, 0.3) is 11.0 Å². The van der Waals surface area contributed by atoms with Crippen LogP contribution in [0.3, 0.4) is 0 Å². The minimum absolute atomic E-state index is 0.0550. The van der Waals surface area contributed by atoms with E-state index in [2.05, 4.69) is 14.9 Å². The van der Waals surface area contributed by atoms with Gasteiger partial charge in [0.1, 0.15) is 0 Å². The number of nitrogens with two attached hydrogens (primary N) is 1. The molecule has 0 aliphatic rings. The number of nitrogens with one attached hydrogen (secondary N) is 1. The van der Waals surface area contributed by atoms with Gasteiger partial charge >= 0.3 is 0 Å². The fourth-order valence-corrected chi connectivity index (χ4v) is 2.62. The van der Waals surface area contributed by atoms with Crippen molar-refractivity contribution in [3.05, 3.63) is 30.6 Å². The maximum absolute atomic E-state index is 12.3. The van der Waals surface area contributed by atoms with Gasteiger partial charge < -0.3 is 15.6 Å². The monoisotopic (exact) mass is 288 g/mol. The van der Waals surface area contributed by atoms with Crippen molar-refractivity contribution in [2.24, 2.45) is 11.1 Å². The number of aromatic nitrogens is 2. The van der Waals surface area contributed by atoms with Crippen LogP contribution in [0.2, 0.25) is 0 Å². The Kier molecular flexibility index (Phi) is 4.96. The van der Waals surface area contributed by atoms with E-state index in [1.165, 1.54) is 0 Å². The average Bonchev–Trinajstić information content (AvgIpc) is 2.93. The first-order valence-electron chi connectivity index (χ1n) is 7.55. The van der Waals surface area contributed by atoms with Crippen LogP contribution in [0.5, 0.6) is 0 Å². The van der Waals surface area contributed by atoms with Crippen LogP contribution in [0.4, 0.5) is 0 Å². The lowest BCUT2D eigenvalue weighted by atomic mass is 9.81. The molecule has 2 rings (SSSR count). The molecule has 1 aromatic carbocycles. The van der Waals surface area contributed by atoms with Crippen LogP contribution >= 0.6 is 0 Å². The van der Waals surface area contributed by atoms with E-state index in [0.29, 0.717) is 19.6 Å². The Morgan fingerprint density at radius 1 is 1.33 bits per heavy atom. The normalized spacial score (nSPS) is 11.8. The summed E-state index contributed by atoms with van der Waals surface area (Å²) in [4.78, 5) is 16.7. The minimum Gasteiger partial charge on any atom is -0.354 e. The van der Waals surface area contributed by atoms with Crippen molar-refractivity contribution in [3.63, 3.8) is 0 Å². The maximum atomic E-state index is 12.3. The van der Waals surface area contributed by atoms with Crippen LogP contribution in [0.15, 0.2) is 30.6 Å². The second kappa shape index (κ2) is 6.72. The molecule has 5 nitrogen and oxygen atoms in total. The van der Waals surface area contributed by atoms with E-state index in [-0.39, 0.29) is 5.91 Å². The molecule has 3 N–H and O–H groups in total. The lowest BCUT2D eigenvalue weighted by molar-refractivity contribution is -0.131. The second-order valence-electron chi connectivity index (χ2n) is 5.37. The van der Waals surface area contributed by atoms with Crippen molar-refractivity contribution in [3.8, 4) is 0 Å². The third-order valence-electron chi connectivity index (χ3n) is 4.39. The molecule has 2 aromatic rings. The van der Waals surface area contributed by atoms with Crippen LogP contribution in [0, 0.1) is 5.41 Å². The molecule has 0 fully saturated rings. The zero-order valence-electron chi connectivity index (χ0n) is 12.8. The van der Waals surface area contributed by atoms with Crippen LogP contribution in [-0.4, -0.2) is 28.5 Å². The number of imidazole rings is 1. The van der Waals surface area contributed by atoms with Crippen molar-refractivity contribution in [1.82, 2.24) is 14.9 Å². The predicted octanol–water partition coefficient (Wildman–Crippen LogP) is 1.92. The molecule has 0 radical (unpaired) electrons. The van der Waals surface area contributed by atoms with Gasteiger partial charge in [0.2, 0.25) is 5.91 Å². The standard InChI is InChI=1S/C16H24N4O/c1-3-16(4-2,11-17)15(21)18-9-10-20-12-19-13-7-5-6-8-14(13)20/h5-8,12H,3-4,9-11,17H2,1-2H3,(H,18,21). The molecule has 1 aromatic heterocycles. The van der Waals surface area contributed by atoms with Crippen LogP contribution in [0.1, 0.15) is 26.7 Å². The van der Waals surface area contributed by atoms with Gasteiger partial charge in [0.15, 0.2) is 0 Å². The summed E-state index contributed by atoms with van der Waals surface area (Å²) in [6, 6.07) is 7.98. The molecule has 5 heteroatoms. The van der Waals surface area contributed by atoms with E-state index in [0.717, 1.165) is 23.9 Å². The molecular formula is C16H24N4O. The van der Waals surface area contributed by atoms with Gasteiger partial charge in [-0.05, 0) is 25.0 Å². The highest BCUT2D eigenvalue weighted by Gasteiger charge is 2.32. The van der Waals surface area contributed by atoms with E-state index in [1.54, 1.807) is 0 Å². The van der Waals surface area contributed by atoms with Crippen LogP contribution < -0.4 is 11.1 Å². The first-order valence-corrected chi connectivity index (χ1v) is 7.55. The number of fused-ring (bicyclic) bond motifs is 1. The Morgan fingerprint density at radius 2 is 2.05 bits per heavy atom. The summed E-state index contributed by atoms with van der Waals surface area (Å²) in [7, 11) is 0. The smallest absolute Gasteiger partial charge is 0.227 e. The molecule has 0 bridgehead atoms. The Morgan fingerprint density at radius 3 is 2.71 bits per heavy atom. The topological polar surface area (TPSA) is 72.9 Å². The first kappa shape index (κ1) is 15.5. The van der Waals surface area contributed by atoms with E-state index in [9.17, 15) is 4.79 Å². The van der Waals surface area contributed by atoms with Gasteiger partial charge in [-0.25, -0.2) is 4.98 Å². The molecule has 0 aliphatic carbocycles.